The molecule has 1 heterocycles. The maximum atomic E-state index is 6.66. The molecule has 0 aliphatic carbocycles. The number of hydrogen-bond donors (Lipinski definition) is 1. The second kappa shape index (κ2) is 7.61. The Balaban J connectivity index is 2.21. The van der Waals surface area contributed by atoms with E-state index in [0.717, 1.165) is 58.3 Å². The fourth-order valence-corrected chi connectivity index (χ4v) is 3.49. The number of pyridine rings is 1. The lowest BCUT2D eigenvalue weighted by atomic mass is 9.98. The summed E-state index contributed by atoms with van der Waals surface area (Å²) in [6, 6.07) is 10.7. The van der Waals surface area contributed by atoms with Crippen molar-refractivity contribution in [3.8, 4) is 0 Å². The molecule has 0 amide bonds. The van der Waals surface area contributed by atoms with Gasteiger partial charge in [0.05, 0.1) is 16.7 Å². The van der Waals surface area contributed by atoms with Crippen LogP contribution in [0.2, 0.25) is 0 Å². The van der Waals surface area contributed by atoms with E-state index >= 15 is 0 Å². The third-order valence-corrected chi connectivity index (χ3v) is 5.05. The number of rotatable bonds is 6. The van der Waals surface area contributed by atoms with Crippen molar-refractivity contribution in [2.75, 3.05) is 64.4 Å². The molecule has 0 aliphatic heterocycles. The second-order valence-electron chi connectivity index (χ2n) is 7.92. The Bertz CT molecular complexity index is 960. The van der Waals surface area contributed by atoms with Crippen LogP contribution in [0.15, 0.2) is 30.3 Å². The van der Waals surface area contributed by atoms with Gasteiger partial charge in [-0.15, -0.1) is 0 Å². The van der Waals surface area contributed by atoms with Gasteiger partial charge in [-0.1, -0.05) is 0 Å². The van der Waals surface area contributed by atoms with Crippen molar-refractivity contribution < 1.29 is 0 Å². The molecule has 0 fully saturated rings. The largest absolute Gasteiger partial charge is 0.398 e. The summed E-state index contributed by atoms with van der Waals surface area (Å²) in [5.41, 5.74) is 13.0. The molecule has 0 radical (unpaired) electrons. The molecule has 3 aromatic rings. The van der Waals surface area contributed by atoms with Crippen molar-refractivity contribution in [2.24, 2.45) is 0 Å². The van der Waals surface area contributed by atoms with Crippen molar-refractivity contribution in [2.45, 2.75) is 12.8 Å². The number of nitrogen functional groups attached to an aromatic ring is 1. The molecule has 5 nitrogen and oxygen atoms in total. The fraction of sp³-hybridized carbons (Fsp3) is 0.409. The Morgan fingerprint density at radius 2 is 1.52 bits per heavy atom. The summed E-state index contributed by atoms with van der Waals surface area (Å²) >= 11 is 0. The zero-order valence-electron chi connectivity index (χ0n) is 17.4. The molecular formula is C22H31N5. The minimum atomic E-state index is 0.838. The topological polar surface area (TPSA) is 48.6 Å². The first-order valence-electron chi connectivity index (χ1n) is 9.43. The Morgan fingerprint density at radius 3 is 2.15 bits per heavy atom. The first-order valence-corrected chi connectivity index (χ1v) is 9.43. The van der Waals surface area contributed by atoms with Crippen molar-refractivity contribution in [3.63, 3.8) is 0 Å². The number of aromatic nitrogens is 1. The monoisotopic (exact) mass is 365 g/mol. The van der Waals surface area contributed by atoms with Crippen LogP contribution < -0.4 is 15.5 Å². The Hall–Kier alpha value is -2.53. The molecule has 1 aromatic heterocycles. The van der Waals surface area contributed by atoms with E-state index in [9.17, 15) is 0 Å². The number of hydrogen-bond acceptors (Lipinski definition) is 5. The highest BCUT2D eigenvalue weighted by Crippen LogP contribution is 2.35. The van der Waals surface area contributed by atoms with Crippen molar-refractivity contribution in [1.82, 2.24) is 9.88 Å². The third kappa shape index (κ3) is 3.93. The Morgan fingerprint density at radius 1 is 0.852 bits per heavy atom. The van der Waals surface area contributed by atoms with Crippen LogP contribution in [0, 0.1) is 0 Å². The van der Waals surface area contributed by atoms with Gasteiger partial charge < -0.3 is 20.4 Å². The molecule has 0 bridgehead atoms. The van der Waals surface area contributed by atoms with Gasteiger partial charge in [-0.2, -0.15) is 0 Å². The quantitative estimate of drug-likeness (QED) is 0.677. The predicted molar refractivity (Wildman–Crippen MR) is 119 cm³/mol. The first kappa shape index (κ1) is 19.2. The maximum Gasteiger partial charge on any atom is 0.0753 e. The van der Waals surface area contributed by atoms with Gasteiger partial charge in [0.2, 0.25) is 0 Å². The summed E-state index contributed by atoms with van der Waals surface area (Å²) in [6.45, 7) is 1.06. The summed E-state index contributed by atoms with van der Waals surface area (Å²) in [5, 5.41) is 2.13. The summed E-state index contributed by atoms with van der Waals surface area (Å²) < 4.78 is 0. The van der Waals surface area contributed by atoms with Crippen molar-refractivity contribution in [3.05, 3.63) is 35.9 Å². The number of nitrogens with zero attached hydrogens (tertiary/aromatic N) is 4. The van der Waals surface area contributed by atoms with E-state index in [4.69, 9.17) is 10.7 Å². The van der Waals surface area contributed by atoms with E-state index < -0.39 is 0 Å². The number of fused-ring (bicyclic) bond motifs is 2. The predicted octanol–water partition coefficient (Wildman–Crippen LogP) is 3.60. The third-order valence-electron chi connectivity index (χ3n) is 5.05. The maximum absolute atomic E-state index is 6.66. The second-order valence-corrected chi connectivity index (χ2v) is 7.92. The molecule has 0 aliphatic rings. The molecule has 0 atom stereocenters. The number of nitrogens with two attached hydrogens (primary N) is 1. The molecule has 0 saturated carbocycles. The summed E-state index contributed by atoms with van der Waals surface area (Å²) in [5.74, 6) is 0. The van der Waals surface area contributed by atoms with E-state index in [1.807, 2.05) is 14.1 Å². The summed E-state index contributed by atoms with van der Waals surface area (Å²) in [6.07, 6.45) is 2.08. The zero-order valence-corrected chi connectivity index (χ0v) is 17.4. The molecule has 0 unspecified atom stereocenters. The minimum Gasteiger partial charge on any atom is -0.398 e. The van der Waals surface area contributed by atoms with Crippen molar-refractivity contribution in [1.29, 1.82) is 0 Å². The van der Waals surface area contributed by atoms with Crippen LogP contribution in [0.25, 0.3) is 21.8 Å². The van der Waals surface area contributed by atoms with Gasteiger partial charge in [0.15, 0.2) is 0 Å². The summed E-state index contributed by atoms with van der Waals surface area (Å²) in [4.78, 5) is 11.4. The minimum absolute atomic E-state index is 0.838. The number of benzene rings is 2. The normalized spacial score (nSPS) is 11.5. The van der Waals surface area contributed by atoms with Gasteiger partial charge in [-0.25, -0.2) is 4.98 Å². The zero-order chi connectivity index (χ0) is 19.7. The molecule has 5 heteroatoms. The van der Waals surface area contributed by atoms with Gasteiger partial charge in [-0.3, -0.25) is 0 Å². The van der Waals surface area contributed by atoms with E-state index in [0.29, 0.717) is 0 Å². The lowest BCUT2D eigenvalue weighted by Gasteiger charge is -2.19. The molecule has 0 spiro atoms. The number of anilines is 3. The van der Waals surface area contributed by atoms with Crippen LogP contribution in [0.5, 0.6) is 0 Å². The Kier molecular flexibility index (Phi) is 5.42. The molecule has 27 heavy (non-hydrogen) atoms. The van der Waals surface area contributed by atoms with Gasteiger partial charge in [0.1, 0.15) is 0 Å². The molecule has 2 N–H and O–H groups in total. The van der Waals surface area contributed by atoms with Crippen LogP contribution >= 0.6 is 0 Å². The number of aryl methyl sites for hydroxylation is 1. The standard InChI is InChI=1S/C22H31N5/c1-25(2)11-7-8-15-12-17(27(5)6)14-20-21(15)22(23)18-10-9-16(26(3)4)13-19(18)24-20/h9-10,12-14H,7-8,11H2,1-6H3,(H2,23,24). The molecule has 3 rings (SSSR count). The van der Waals surface area contributed by atoms with E-state index in [1.165, 1.54) is 5.56 Å². The Labute approximate surface area is 162 Å². The molecule has 0 saturated heterocycles. The van der Waals surface area contributed by atoms with Gasteiger partial charge in [0.25, 0.3) is 0 Å². The van der Waals surface area contributed by atoms with E-state index in [2.05, 4.69) is 73.2 Å². The van der Waals surface area contributed by atoms with E-state index in [1.54, 1.807) is 0 Å². The van der Waals surface area contributed by atoms with Gasteiger partial charge in [-0.05, 0) is 69.4 Å². The fourth-order valence-electron chi connectivity index (χ4n) is 3.49. The SMILES string of the molecule is CN(C)CCCc1cc(N(C)C)cc2nc3cc(N(C)C)ccc3c(N)c12. The lowest BCUT2D eigenvalue weighted by Crippen LogP contribution is -2.14. The highest BCUT2D eigenvalue weighted by Gasteiger charge is 2.14. The average molecular weight is 366 g/mol. The molecular weight excluding hydrogens is 334 g/mol. The highest BCUT2D eigenvalue weighted by molar-refractivity contribution is 6.09. The van der Waals surface area contributed by atoms with Crippen molar-refractivity contribution >= 4 is 38.9 Å². The van der Waals surface area contributed by atoms with Gasteiger partial charge in [0, 0.05) is 50.3 Å². The van der Waals surface area contributed by atoms with E-state index in [-0.39, 0.29) is 0 Å². The van der Waals surface area contributed by atoms with Crippen LogP contribution in [0.3, 0.4) is 0 Å². The smallest absolute Gasteiger partial charge is 0.0753 e. The van der Waals surface area contributed by atoms with Crippen LogP contribution in [0.1, 0.15) is 12.0 Å². The first-order chi connectivity index (χ1) is 12.8. The summed E-state index contributed by atoms with van der Waals surface area (Å²) in [7, 11) is 12.4. The van der Waals surface area contributed by atoms with Crippen LogP contribution in [-0.4, -0.2) is 58.7 Å². The average Bonchev–Trinajstić information content (AvgIpc) is 2.60. The van der Waals surface area contributed by atoms with Gasteiger partial charge >= 0.3 is 0 Å². The lowest BCUT2D eigenvalue weighted by molar-refractivity contribution is 0.400. The molecule has 2 aromatic carbocycles. The van der Waals surface area contributed by atoms with Crippen LogP contribution in [-0.2, 0) is 6.42 Å². The van der Waals surface area contributed by atoms with Crippen LogP contribution in [0.4, 0.5) is 17.1 Å². The molecule has 144 valence electrons. The highest BCUT2D eigenvalue weighted by atomic mass is 15.1.